The number of hydrogen-bond acceptors (Lipinski definition) is 0. The Bertz CT molecular complexity index is 139. The molecule has 0 aromatic rings. The third-order valence-electron chi connectivity index (χ3n) is 1.29. The van der Waals surface area contributed by atoms with E-state index in [1.807, 2.05) is 0 Å². The molecule has 0 aromatic carbocycles. The van der Waals surface area contributed by atoms with Gasteiger partial charge in [-0.3, -0.25) is 0 Å². The summed E-state index contributed by atoms with van der Waals surface area (Å²) >= 11 is 0. The SMILES string of the molecule is Cl.Cl.[CH2-]C1=C(C)C=CC1.[Ti]. The van der Waals surface area contributed by atoms with Gasteiger partial charge in [-0.05, 0) is 6.42 Å². The Morgan fingerprint density at radius 3 is 2.00 bits per heavy atom. The van der Waals surface area contributed by atoms with E-state index < -0.39 is 0 Å². The van der Waals surface area contributed by atoms with Crippen molar-refractivity contribution < 1.29 is 21.7 Å². The summed E-state index contributed by atoms with van der Waals surface area (Å²) in [6.07, 6.45) is 5.31. The molecule has 58 valence electrons. The molecule has 0 aromatic heterocycles. The molecular formula is C7H11Cl2Ti-. The number of rotatable bonds is 0. The van der Waals surface area contributed by atoms with Crippen molar-refractivity contribution in [2.45, 2.75) is 13.3 Å². The first-order valence-electron chi connectivity index (χ1n) is 2.49. The van der Waals surface area contributed by atoms with Gasteiger partial charge in [0, 0.05) is 21.7 Å². The van der Waals surface area contributed by atoms with E-state index in [9.17, 15) is 0 Å². The fourth-order valence-electron chi connectivity index (χ4n) is 0.657. The summed E-state index contributed by atoms with van der Waals surface area (Å²) in [5.41, 5.74) is 2.60. The molecular weight excluding hydrogens is 203 g/mol. The molecule has 0 amide bonds. The van der Waals surface area contributed by atoms with E-state index in [1.54, 1.807) is 0 Å². The molecule has 1 rings (SSSR count). The minimum atomic E-state index is 0. The summed E-state index contributed by atoms with van der Waals surface area (Å²) < 4.78 is 0. The van der Waals surface area contributed by atoms with Gasteiger partial charge in [0.1, 0.15) is 0 Å². The first-order chi connectivity index (χ1) is 3.30. The largest absolute Gasteiger partial charge is 0.241 e. The Hall–Kier alpha value is 0.644. The average Bonchev–Trinajstić information content (AvgIpc) is 1.91. The summed E-state index contributed by atoms with van der Waals surface area (Å²) in [6, 6.07) is 0. The fourth-order valence-corrected chi connectivity index (χ4v) is 0.657. The Labute approximate surface area is 89.9 Å². The van der Waals surface area contributed by atoms with Crippen molar-refractivity contribution >= 4 is 24.8 Å². The summed E-state index contributed by atoms with van der Waals surface area (Å²) in [4.78, 5) is 0. The van der Waals surface area contributed by atoms with E-state index in [-0.39, 0.29) is 46.5 Å². The maximum Gasteiger partial charge on any atom is 0 e. The molecule has 3 heteroatoms. The van der Waals surface area contributed by atoms with Crippen molar-refractivity contribution in [1.29, 1.82) is 0 Å². The van der Waals surface area contributed by atoms with Crippen LogP contribution in [0.5, 0.6) is 0 Å². The Kier molecular flexibility index (Phi) is 13.1. The van der Waals surface area contributed by atoms with Gasteiger partial charge in [0.05, 0.1) is 0 Å². The predicted octanol–water partition coefficient (Wildman–Crippen LogP) is 2.94. The monoisotopic (exact) mass is 213 g/mol. The molecule has 0 bridgehead atoms. The molecule has 0 unspecified atom stereocenters. The maximum absolute atomic E-state index is 3.84. The average molecular weight is 214 g/mol. The number of halogens is 2. The zero-order valence-corrected chi connectivity index (χ0v) is 9.08. The van der Waals surface area contributed by atoms with Crippen LogP contribution in [-0.4, -0.2) is 0 Å². The van der Waals surface area contributed by atoms with Crippen LogP contribution in [0.25, 0.3) is 0 Å². The first kappa shape index (κ1) is 16.9. The molecule has 0 aliphatic heterocycles. The first-order valence-corrected chi connectivity index (χ1v) is 2.49. The molecule has 0 saturated heterocycles. The zero-order chi connectivity index (χ0) is 5.28. The van der Waals surface area contributed by atoms with E-state index in [0.717, 1.165) is 6.42 Å². The van der Waals surface area contributed by atoms with Crippen LogP contribution in [0.1, 0.15) is 13.3 Å². The third-order valence-corrected chi connectivity index (χ3v) is 1.29. The third kappa shape index (κ3) is 4.46. The van der Waals surface area contributed by atoms with Gasteiger partial charge in [-0.2, -0.15) is 5.57 Å². The van der Waals surface area contributed by atoms with Crippen LogP contribution in [0.2, 0.25) is 0 Å². The van der Waals surface area contributed by atoms with Crippen LogP contribution < -0.4 is 0 Å². The van der Waals surface area contributed by atoms with Gasteiger partial charge >= 0.3 is 0 Å². The van der Waals surface area contributed by atoms with Crippen LogP contribution in [0.4, 0.5) is 0 Å². The van der Waals surface area contributed by atoms with Crippen LogP contribution in [0, 0.1) is 6.92 Å². The summed E-state index contributed by atoms with van der Waals surface area (Å²) in [6.45, 7) is 5.92. The van der Waals surface area contributed by atoms with E-state index in [1.165, 1.54) is 11.1 Å². The van der Waals surface area contributed by atoms with Crippen LogP contribution in [-0.2, 0) is 21.7 Å². The van der Waals surface area contributed by atoms with Gasteiger partial charge in [0.25, 0.3) is 0 Å². The smallest absolute Gasteiger partial charge is 0 e. The van der Waals surface area contributed by atoms with E-state index in [2.05, 4.69) is 26.0 Å². The molecule has 0 atom stereocenters. The summed E-state index contributed by atoms with van der Waals surface area (Å²) in [5.74, 6) is 0. The van der Waals surface area contributed by atoms with Crippen LogP contribution in [0.15, 0.2) is 23.3 Å². The molecule has 0 nitrogen and oxygen atoms in total. The van der Waals surface area contributed by atoms with Gasteiger partial charge in [-0.15, -0.1) is 43.9 Å². The molecule has 0 saturated carbocycles. The molecule has 0 fully saturated rings. The van der Waals surface area contributed by atoms with Gasteiger partial charge in [-0.25, -0.2) is 12.5 Å². The molecule has 1 aliphatic carbocycles. The predicted molar refractivity (Wildman–Crippen MR) is 46.3 cm³/mol. The standard InChI is InChI=1S/C7H9.2ClH.Ti/c1-6-4-3-5-7(6)2;;;/h3,5H,1,4H2,2H3;2*1H;/q-1;;;. The minimum Gasteiger partial charge on any atom is -0.241 e. The van der Waals surface area contributed by atoms with Gasteiger partial charge in [0.2, 0.25) is 0 Å². The van der Waals surface area contributed by atoms with Crippen molar-refractivity contribution in [3.8, 4) is 0 Å². The molecule has 10 heavy (non-hydrogen) atoms. The second-order valence-corrected chi connectivity index (χ2v) is 1.89. The van der Waals surface area contributed by atoms with E-state index >= 15 is 0 Å². The van der Waals surface area contributed by atoms with Crippen molar-refractivity contribution in [2.75, 3.05) is 0 Å². The minimum absolute atomic E-state index is 0. The van der Waals surface area contributed by atoms with Crippen LogP contribution >= 0.6 is 24.8 Å². The fraction of sp³-hybridized carbons (Fsp3) is 0.286. The molecule has 0 spiro atoms. The molecule has 0 N–H and O–H groups in total. The van der Waals surface area contributed by atoms with Gasteiger partial charge in [-0.1, -0.05) is 0 Å². The quantitative estimate of drug-likeness (QED) is 0.429. The molecule has 1 aliphatic rings. The second-order valence-electron chi connectivity index (χ2n) is 1.89. The van der Waals surface area contributed by atoms with E-state index in [4.69, 9.17) is 0 Å². The summed E-state index contributed by atoms with van der Waals surface area (Å²) in [7, 11) is 0. The van der Waals surface area contributed by atoms with Gasteiger partial charge < -0.3 is 0 Å². The Morgan fingerprint density at radius 2 is 1.90 bits per heavy atom. The topological polar surface area (TPSA) is 0 Å². The van der Waals surface area contributed by atoms with Crippen molar-refractivity contribution in [3.05, 3.63) is 30.2 Å². The van der Waals surface area contributed by atoms with Crippen molar-refractivity contribution in [1.82, 2.24) is 0 Å². The summed E-state index contributed by atoms with van der Waals surface area (Å²) in [5, 5.41) is 0. The van der Waals surface area contributed by atoms with Crippen molar-refractivity contribution in [3.63, 3.8) is 0 Å². The molecule has 0 radical (unpaired) electrons. The Balaban J connectivity index is -0.000000163. The van der Waals surface area contributed by atoms with E-state index in [0.29, 0.717) is 0 Å². The van der Waals surface area contributed by atoms with Crippen molar-refractivity contribution in [2.24, 2.45) is 0 Å². The maximum atomic E-state index is 3.84. The zero-order valence-electron chi connectivity index (χ0n) is 5.89. The normalized spacial score (nSPS) is 13.3. The van der Waals surface area contributed by atoms with Crippen LogP contribution in [0.3, 0.4) is 0 Å². The second kappa shape index (κ2) is 7.75. The van der Waals surface area contributed by atoms with Gasteiger partial charge in [0.15, 0.2) is 0 Å². The number of hydrogen-bond donors (Lipinski definition) is 0. The Morgan fingerprint density at radius 1 is 1.40 bits per heavy atom. The molecule has 0 heterocycles. The number of allylic oxidation sites excluding steroid dienone is 4.